The fourth-order valence-electron chi connectivity index (χ4n) is 3.35. The summed E-state index contributed by atoms with van der Waals surface area (Å²) in [7, 11) is 0. The van der Waals surface area contributed by atoms with Crippen molar-refractivity contribution >= 4 is 29.3 Å². The maximum atomic E-state index is 13.0. The molecule has 4 aromatic rings. The predicted molar refractivity (Wildman–Crippen MR) is 130 cm³/mol. The lowest BCUT2D eigenvalue weighted by Crippen LogP contribution is -2.10. The number of esters is 1. The van der Waals surface area contributed by atoms with Gasteiger partial charge in [-0.05, 0) is 60.2 Å². The van der Waals surface area contributed by atoms with Crippen molar-refractivity contribution in [3.63, 3.8) is 0 Å². The minimum Gasteiger partial charge on any atom is -0.423 e. The summed E-state index contributed by atoms with van der Waals surface area (Å²) in [6.07, 6.45) is -0.336. The Kier molecular flexibility index (Phi) is 7.25. The van der Waals surface area contributed by atoms with Crippen LogP contribution in [-0.4, -0.2) is 16.7 Å². The van der Waals surface area contributed by atoms with Crippen molar-refractivity contribution in [1.82, 2.24) is 4.98 Å². The molecule has 1 heterocycles. The van der Waals surface area contributed by atoms with E-state index in [1.807, 2.05) is 0 Å². The number of pyridine rings is 1. The average molecular weight is 488 g/mol. The number of allylic oxidation sites excluding steroid dienone is 1. The van der Waals surface area contributed by atoms with Gasteiger partial charge in [0.25, 0.3) is 0 Å². The number of hydrogen-bond donors (Lipinski definition) is 1. The van der Waals surface area contributed by atoms with E-state index in [1.165, 1.54) is 36.5 Å². The molecule has 0 aliphatic carbocycles. The number of nitrogens with one attached hydrogen (secondary N) is 1. The van der Waals surface area contributed by atoms with Gasteiger partial charge in [0.1, 0.15) is 11.6 Å². The van der Waals surface area contributed by atoms with Crippen LogP contribution in [0.5, 0.6) is 5.75 Å². The summed E-state index contributed by atoms with van der Waals surface area (Å²) >= 11 is 0. The molecule has 0 spiro atoms. The molecule has 36 heavy (non-hydrogen) atoms. The lowest BCUT2D eigenvalue weighted by molar-refractivity contribution is -0.137. The van der Waals surface area contributed by atoms with E-state index in [9.17, 15) is 22.8 Å². The van der Waals surface area contributed by atoms with E-state index < -0.39 is 23.5 Å². The first-order valence-corrected chi connectivity index (χ1v) is 10.8. The average Bonchev–Trinajstić information content (AvgIpc) is 2.88. The molecule has 0 fully saturated rings. The Hall–Kier alpha value is -4.72. The standard InChI is InChI=1S/C28H19F3N2O3/c29-28(30,31)20-9-6-10-21(18-20)33-26-24(14-7-17-32-26)25(34)16-15-19-8-4-5-13-23(19)27(35)36-22-11-2-1-3-12-22/h1-18H,(H,32,33)/b16-15+. The predicted octanol–water partition coefficient (Wildman–Crippen LogP) is 6.96. The number of rotatable bonds is 7. The number of hydrogen-bond acceptors (Lipinski definition) is 5. The third kappa shape index (κ3) is 6.04. The number of anilines is 2. The third-order valence-electron chi connectivity index (χ3n) is 5.07. The molecular formula is C28H19F3N2O3. The lowest BCUT2D eigenvalue weighted by atomic mass is 10.1. The zero-order valence-corrected chi connectivity index (χ0v) is 18.7. The van der Waals surface area contributed by atoms with E-state index in [4.69, 9.17) is 4.74 Å². The van der Waals surface area contributed by atoms with Gasteiger partial charge in [0.15, 0.2) is 5.78 Å². The number of halogens is 3. The Balaban J connectivity index is 1.55. The Morgan fingerprint density at radius 3 is 2.33 bits per heavy atom. The molecule has 0 saturated carbocycles. The number of nitrogens with zero attached hydrogens (tertiary/aromatic N) is 1. The van der Waals surface area contributed by atoms with Crippen LogP contribution >= 0.6 is 0 Å². The Labute approximate surface area is 204 Å². The molecule has 0 unspecified atom stereocenters. The number of alkyl halides is 3. The molecule has 0 radical (unpaired) electrons. The quantitative estimate of drug-likeness (QED) is 0.132. The van der Waals surface area contributed by atoms with Crippen LogP contribution < -0.4 is 10.1 Å². The zero-order valence-electron chi connectivity index (χ0n) is 18.7. The number of benzene rings is 3. The van der Waals surface area contributed by atoms with Gasteiger partial charge in [-0.3, -0.25) is 4.79 Å². The summed E-state index contributed by atoms with van der Waals surface area (Å²) in [5.74, 6) is -0.549. The van der Waals surface area contributed by atoms with E-state index >= 15 is 0 Å². The first-order valence-electron chi connectivity index (χ1n) is 10.8. The largest absolute Gasteiger partial charge is 0.423 e. The van der Waals surface area contributed by atoms with Gasteiger partial charge in [-0.25, -0.2) is 9.78 Å². The van der Waals surface area contributed by atoms with Crippen molar-refractivity contribution in [2.45, 2.75) is 6.18 Å². The van der Waals surface area contributed by atoms with E-state index in [0.29, 0.717) is 11.3 Å². The number of carbonyl (C=O) groups excluding carboxylic acids is 2. The summed E-state index contributed by atoms with van der Waals surface area (Å²) in [4.78, 5) is 29.7. The molecule has 0 aliphatic rings. The van der Waals surface area contributed by atoms with Crippen LogP contribution in [0.4, 0.5) is 24.7 Å². The normalized spacial score (nSPS) is 11.3. The fraction of sp³-hybridized carbons (Fsp3) is 0.0357. The van der Waals surface area contributed by atoms with Gasteiger partial charge < -0.3 is 10.1 Å². The highest BCUT2D eigenvalue weighted by molar-refractivity contribution is 6.10. The highest BCUT2D eigenvalue weighted by Gasteiger charge is 2.30. The molecule has 4 rings (SSSR count). The molecule has 8 heteroatoms. The molecule has 1 N–H and O–H groups in total. The number of ether oxygens (including phenoxy) is 1. The highest BCUT2D eigenvalue weighted by Crippen LogP contribution is 2.31. The molecule has 0 amide bonds. The third-order valence-corrected chi connectivity index (χ3v) is 5.07. The van der Waals surface area contributed by atoms with Crippen LogP contribution in [0.3, 0.4) is 0 Å². The Bertz CT molecular complexity index is 1420. The van der Waals surface area contributed by atoms with Gasteiger partial charge >= 0.3 is 12.1 Å². The number of aromatic nitrogens is 1. The minimum atomic E-state index is -4.50. The van der Waals surface area contributed by atoms with Crippen molar-refractivity contribution in [3.05, 3.63) is 126 Å². The second-order valence-corrected chi connectivity index (χ2v) is 7.59. The van der Waals surface area contributed by atoms with Crippen molar-refractivity contribution in [2.24, 2.45) is 0 Å². The van der Waals surface area contributed by atoms with Crippen LogP contribution in [0.1, 0.15) is 31.8 Å². The number of para-hydroxylation sites is 1. The van der Waals surface area contributed by atoms with Crippen LogP contribution in [0.2, 0.25) is 0 Å². The Morgan fingerprint density at radius 2 is 1.56 bits per heavy atom. The molecule has 180 valence electrons. The molecule has 5 nitrogen and oxygen atoms in total. The van der Waals surface area contributed by atoms with Crippen molar-refractivity contribution in [2.75, 3.05) is 5.32 Å². The first-order chi connectivity index (χ1) is 17.3. The van der Waals surface area contributed by atoms with Gasteiger partial charge in [-0.1, -0.05) is 48.5 Å². The van der Waals surface area contributed by atoms with Crippen molar-refractivity contribution in [3.8, 4) is 5.75 Å². The topological polar surface area (TPSA) is 68.3 Å². The first kappa shape index (κ1) is 24.4. The van der Waals surface area contributed by atoms with Gasteiger partial charge in [-0.2, -0.15) is 13.2 Å². The molecule has 0 aliphatic heterocycles. The number of carbonyl (C=O) groups is 2. The molecular weight excluding hydrogens is 469 g/mol. The van der Waals surface area contributed by atoms with E-state index in [0.717, 1.165) is 12.1 Å². The second kappa shape index (κ2) is 10.7. The summed E-state index contributed by atoms with van der Waals surface area (Å²) in [5.41, 5.74) is 0.184. The molecule has 0 atom stereocenters. The summed E-state index contributed by atoms with van der Waals surface area (Å²) in [5, 5.41) is 2.78. The van der Waals surface area contributed by atoms with Gasteiger partial charge in [0, 0.05) is 11.9 Å². The van der Waals surface area contributed by atoms with E-state index in [2.05, 4.69) is 10.3 Å². The second-order valence-electron chi connectivity index (χ2n) is 7.59. The maximum Gasteiger partial charge on any atom is 0.416 e. The minimum absolute atomic E-state index is 0.100. The Morgan fingerprint density at radius 1 is 0.833 bits per heavy atom. The molecule has 0 saturated heterocycles. The van der Waals surface area contributed by atoms with Crippen LogP contribution in [0, 0.1) is 0 Å². The zero-order chi connectivity index (χ0) is 25.5. The molecule has 1 aromatic heterocycles. The van der Waals surface area contributed by atoms with Crippen LogP contribution in [-0.2, 0) is 6.18 Å². The highest BCUT2D eigenvalue weighted by atomic mass is 19.4. The maximum absolute atomic E-state index is 13.0. The van der Waals surface area contributed by atoms with E-state index in [1.54, 1.807) is 60.7 Å². The van der Waals surface area contributed by atoms with Crippen molar-refractivity contribution < 1.29 is 27.5 Å². The van der Waals surface area contributed by atoms with E-state index in [-0.39, 0.29) is 22.6 Å². The molecule has 0 bridgehead atoms. The SMILES string of the molecule is O=C(Oc1ccccc1)c1ccccc1/C=C/C(=O)c1cccnc1Nc1cccc(C(F)(F)F)c1. The van der Waals surface area contributed by atoms with Crippen LogP contribution in [0.25, 0.3) is 6.08 Å². The fourth-order valence-corrected chi connectivity index (χ4v) is 3.35. The van der Waals surface area contributed by atoms with Crippen LogP contribution in [0.15, 0.2) is 103 Å². The summed E-state index contributed by atoms with van der Waals surface area (Å²) in [6, 6.07) is 22.9. The van der Waals surface area contributed by atoms with Gasteiger partial charge in [0.2, 0.25) is 0 Å². The van der Waals surface area contributed by atoms with Gasteiger partial charge in [0.05, 0.1) is 16.7 Å². The molecule has 3 aromatic carbocycles. The summed E-state index contributed by atoms with van der Waals surface area (Å²) in [6.45, 7) is 0. The number of ketones is 1. The lowest BCUT2D eigenvalue weighted by Gasteiger charge is -2.12. The monoisotopic (exact) mass is 488 g/mol. The van der Waals surface area contributed by atoms with Crippen molar-refractivity contribution in [1.29, 1.82) is 0 Å². The van der Waals surface area contributed by atoms with Gasteiger partial charge in [-0.15, -0.1) is 0 Å². The smallest absolute Gasteiger partial charge is 0.416 e. The summed E-state index contributed by atoms with van der Waals surface area (Å²) < 4.78 is 44.5.